The highest BCUT2D eigenvalue weighted by atomic mass is 15.6. The van der Waals surface area contributed by atoms with Crippen LogP contribution in [0.25, 0.3) is 5.69 Å². The maximum atomic E-state index is 4.12. The molecule has 0 spiro atoms. The molecule has 0 bridgehead atoms. The lowest BCUT2D eigenvalue weighted by Gasteiger charge is -2.05. The predicted octanol–water partition coefficient (Wildman–Crippen LogP) is 0.997. The number of benzene rings is 1. The number of hydrogen-bond acceptors (Lipinski definition) is 5. The summed E-state index contributed by atoms with van der Waals surface area (Å²) in [6.07, 6.45) is 3.48. The van der Waals surface area contributed by atoms with Crippen molar-refractivity contribution in [3.05, 3.63) is 48.5 Å². The average molecular weight is 241 g/mol. The number of aromatic nitrogens is 6. The summed E-state index contributed by atoms with van der Waals surface area (Å²) in [6, 6.07) is 9.70. The van der Waals surface area contributed by atoms with Gasteiger partial charge in [-0.05, 0) is 22.6 Å². The number of nitrogens with zero attached hydrogens (tertiary/aromatic N) is 5. The molecule has 0 aliphatic heterocycles. The molecule has 0 saturated carbocycles. The number of tetrazole rings is 1. The van der Waals surface area contributed by atoms with Crippen molar-refractivity contribution in [3.8, 4) is 5.69 Å². The zero-order valence-corrected chi connectivity index (χ0v) is 9.48. The van der Waals surface area contributed by atoms with Crippen LogP contribution in [-0.4, -0.2) is 30.2 Å². The van der Waals surface area contributed by atoms with Gasteiger partial charge < -0.3 is 10.3 Å². The van der Waals surface area contributed by atoms with Crippen molar-refractivity contribution in [2.45, 2.75) is 6.54 Å². The van der Waals surface area contributed by atoms with Crippen LogP contribution in [0, 0.1) is 0 Å². The number of hydrogen-bond donors (Lipinski definition) is 2. The van der Waals surface area contributed by atoms with Crippen molar-refractivity contribution >= 4 is 5.95 Å². The standard InChI is InChI=1S/C11H11N7/c1-2-4-9(5-3-1)18-11(15-16-17-18)14-8-10-12-6-7-13-10/h1-7H,8H2,(H,12,13)(H,14,15,17). The lowest BCUT2D eigenvalue weighted by Crippen LogP contribution is -2.08. The van der Waals surface area contributed by atoms with E-state index in [-0.39, 0.29) is 0 Å². The van der Waals surface area contributed by atoms with E-state index in [9.17, 15) is 0 Å². The number of imidazole rings is 1. The first-order valence-corrected chi connectivity index (χ1v) is 5.49. The number of aromatic amines is 1. The largest absolute Gasteiger partial charge is 0.347 e. The Bertz CT molecular complexity index is 599. The van der Waals surface area contributed by atoms with E-state index >= 15 is 0 Å². The zero-order valence-electron chi connectivity index (χ0n) is 9.48. The van der Waals surface area contributed by atoms with E-state index in [2.05, 4.69) is 30.8 Å². The van der Waals surface area contributed by atoms with Gasteiger partial charge in [0.25, 0.3) is 0 Å². The van der Waals surface area contributed by atoms with Crippen LogP contribution in [0.5, 0.6) is 0 Å². The molecule has 0 radical (unpaired) electrons. The second-order valence-electron chi connectivity index (χ2n) is 3.64. The van der Waals surface area contributed by atoms with E-state index < -0.39 is 0 Å². The van der Waals surface area contributed by atoms with Gasteiger partial charge in [0.2, 0.25) is 5.95 Å². The van der Waals surface area contributed by atoms with E-state index in [1.165, 1.54) is 0 Å². The van der Waals surface area contributed by atoms with Crippen molar-refractivity contribution in [3.63, 3.8) is 0 Å². The smallest absolute Gasteiger partial charge is 0.248 e. The number of para-hydroxylation sites is 1. The summed E-state index contributed by atoms with van der Waals surface area (Å²) < 4.78 is 1.64. The zero-order chi connectivity index (χ0) is 12.2. The fourth-order valence-electron chi connectivity index (χ4n) is 1.60. The van der Waals surface area contributed by atoms with Crippen molar-refractivity contribution in [2.24, 2.45) is 0 Å². The normalized spacial score (nSPS) is 10.4. The molecule has 0 unspecified atom stereocenters. The Morgan fingerprint density at radius 3 is 2.89 bits per heavy atom. The molecule has 0 atom stereocenters. The molecule has 0 aliphatic carbocycles. The highest BCUT2D eigenvalue weighted by Gasteiger charge is 2.07. The summed E-state index contributed by atoms with van der Waals surface area (Å²) in [5.41, 5.74) is 0.907. The number of anilines is 1. The van der Waals surface area contributed by atoms with Crippen LogP contribution in [-0.2, 0) is 6.54 Å². The lowest BCUT2D eigenvalue weighted by atomic mass is 10.3. The van der Waals surface area contributed by atoms with Gasteiger partial charge in [-0.3, -0.25) is 0 Å². The summed E-state index contributed by atoms with van der Waals surface area (Å²) in [7, 11) is 0. The second kappa shape index (κ2) is 4.66. The van der Waals surface area contributed by atoms with E-state index in [1.54, 1.807) is 17.1 Å². The van der Waals surface area contributed by atoms with Crippen LogP contribution in [0.3, 0.4) is 0 Å². The summed E-state index contributed by atoms with van der Waals surface area (Å²) in [5, 5.41) is 14.7. The van der Waals surface area contributed by atoms with E-state index in [4.69, 9.17) is 0 Å². The highest BCUT2D eigenvalue weighted by Crippen LogP contribution is 2.10. The summed E-state index contributed by atoms with van der Waals surface area (Å²) in [5.74, 6) is 1.41. The summed E-state index contributed by atoms with van der Waals surface area (Å²) in [4.78, 5) is 7.13. The van der Waals surface area contributed by atoms with Crippen molar-refractivity contribution in [2.75, 3.05) is 5.32 Å². The molecule has 0 aliphatic rings. The van der Waals surface area contributed by atoms with Gasteiger partial charge in [-0.2, -0.15) is 4.68 Å². The summed E-state index contributed by atoms with van der Waals surface area (Å²) in [6.45, 7) is 0.542. The monoisotopic (exact) mass is 241 g/mol. The van der Waals surface area contributed by atoms with Gasteiger partial charge in [0.1, 0.15) is 5.82 Å². The number of rotatable bonds is 4. The molecule has 0 amide bonds. The van der Waals surface area contributed by atoms with Crippen LogP contribution in [0.15, 0.2) is 42.7 Å². The minimum atomic E-state index is 0.542. The highest BCUT2D eigenvalue weighted by molar-refractivity contribution is 5.38. The fraction of sp³-hybridized carbons (Fsp3) is 0.0909. The van der Waals surface area contributed by atoms with Crippen LogP contribution >= 0.6 is 0 Å². The molecular formula is C11H11N7. The molecule has 1 aromatic carbocycles. The molecule has 0 saturated heterocycles. The quantitative estimate of drug-likeness (QED) is 0.711. The van der Waals surface area contributed by atoms with Crippen molar-refractivity contribution in [1.82, 2.24) is 30.2 Å². The average Bonchev–Trinajstić information content (AvgIpc) is 3.09. The Morgan fingerprint density at radius 2 is 2.11 bits per heavy atom. The van der Waals surface area contributed by atoms with Gasteiger partial charge in [0.15, 0.2) is 0 Å². The van der Waals surface area contributed by atoms with Crippen LogP contribution in [0.2, 0.25) is 0 Å². The fourth-order valence-corrected chi connectivity index (χ4v) is 1.60. The molecule has 2 heterocycles. The first-order chi connectivity index (χ1) is 8.93. The lowest BCUT2D eigenvalue weighted by molar-refractivity contribution is 0.788. The van der Waals surface area contributed by atoms with Crippen molar-refractivity contribution < 1.29 is 0 Å². The Labute approximate surface area is 103 Å². The second-order valence-corrected chi connectivity index (χ2v) is 3.64. The van der Waals surface area contributed by atoms with Gasteiger partial charge in [0.05, 0.1) is 12.2 Å². The van der Waals surface area contributed by atoms with Crippen LogP contribution in [0.4, 0.5) is 5.95 Å². The van der Waals surface area contributed by atoms with Gasteiger partial charge >= 0.3 is 0 Å². The Morgan fingerprint density at radius 1 is 1.22 bits per heavy atom. The topological polar surface area (TPSA) is 84.3 Å². The van der Waals surface area contributed by atoms with Crippen molar-refractivity contribution in [1.29, 1.82) is 0 Å². The minimum Gasteiger partial charge on any atom is -0.347 e. The van der Waals surface area contributed by atoms with Gasteiger partial charge in [-0.25, -0.2) is 4.98 Å². The molecule has 7 heteroatoms. The maximum absolute atomic E-state index is 4.12. The van der Waals surface area contributed by atoms with E-state index in [0.717, 1.165) is 11.5 Å². The Hall–Kier alpha value is -2.70. The first-order valence-electron chi connectivity index (χ1n) is 5.49. The number of nitrogens with one attached hydrogen (secondary N) is 2. The molecule has 90 valence electrons. The Kier molecular flexibility index (Phi) is 2.71. The molecule has 2 N–H and O–H groups in total. The van der Waals surface area contributed by atoms with E-state index in [0.29, 0.717) is 12.5 Å². The van der Waals surface area contributed by atoms with Gasteiger partial charge in [-0.15, -0.1) is 0 Å². The minimum absolute atomic E-state index is 0.542. The van der Waals surface area contributed by atoms with Crippen LogP contribution < -0.4 is 5.32 Å². The number of H-pyrrole nitrogens is 1. The third kappa shape index (κ3) is 2.05. The molecule has 0 fully saturated rings. The SMILES string of the molecule is c1ccc(-n2nnnc2NCc2ncc[nH]2)cc1. The van der Waals surface area contributed by atoms with Gasteiger partial charge in [0, 0.05) is 12.4 Å². The molecule has 18 heavy (non-hydrogen) atoms. The molecule has 3 aromatic rings. The molecule has 2 aromatic heterocycles. The maximum Gasteiger partial charge on any atom is 0.248 e. The van der Waals surface area contributed by atoms with Crippen LogP contribution in [0.1, 0.15) is 5.82 Å². The first kappa shape index (κ1) is 10.5. The third-order valence-electron chi connectivity index (χ3n) is 2.44. The molecular weight excluding hydrogens is 230 g/mol. The molecule has 7 nitrogen and oxygen atoms in total. The summed E-state index contributed by atoms with van der Waals surface area (Å²) >= 11 is 0. The predicted molar refractivity (Wildman–Crippen MR) is 65.1 cm³/mol. The molecule has 3 rings (SSSR count). The van der Waals surface area contributed by atoms with Gasteiger partial charge in [-0.1, -0.05) is 23.3 Å². The third-order valence-corrected chi connectivity index (χ3v) is 2.44. The Balaban J connectivity index is 1.80. The van der Waals surface area contributed by atoms with E-state index in [1.807, 2.05) is 30.3 Å².